The first-order valence-electron chi connectivity index (χ1n) is 14.7. The Bertz CT molecular complexity index is 1620. The van der Waals surface area contributed by atoms with Gasteiger partial charge in [-0.3, -0.25) is 4.79 Å². The summed E-state index contributed by atoms with van der Waals surface area (Å²) in [5.41, 5.74) is 5.18. The SMILES string of the molecule is COc1ccc(-c2ccc3cc(C(=O)Oc4ccc(NC(C)=O)cc4)ccc3c2)cc1C12CC3CC(CC(C3)C1)C2. The second kappa shape index (κ2) is 10.1. The summed E-state index contributed by atoms with van der Waals surface area (Å²) in [7, 11) is 1.80. The van der Waals surface area contributed by atoms with Crippen molar-refractivity contribution < 1.29 is 19.1 Å². The molecule has 4 aromatic rings. The number of ether oxygens (including phenoxy) is 2. The molecule has 0 aromatic heterocycles. The number of carbonyl (C=O) groups excluding carboxylic acids is 2. The lowest BCUT2D eigenvalue weighted by Gasteiger charge is -2.57. The zero-order valence-corrected chi connectivity index (χ0v) is 23.6. The fourth-order valence-electron chi connectivity index (χ4n) is 8.27. The maximum Gasteiger partial charge on any atom is 0.343 e. The first-order valence-corrected chi connectivity index (χ1v) is 14.7. The molecule has 0 spiro atoms. The van der Waals surface area contributed by atoms with E-state index in [1.165, 1.54) is 62.1 Å². The number of esters is 1. The Morgan fingerprint density at radius 2 is 1.37 bits per heavy atom. The molecule has 0 atom stereocenters. The van der Waals surface area contributed by atoms with Crippen LogP contribution in [-0.2, 0) is 10.2 Å². The summed E-state index contributed by atoms with van der Waals surface area (Å²) in [6, 6.07) is 25.6. The molecule has 8 rings (SSSR count). The lowest BCUT2D eigenvalue weighted by atomic mass is 9.48. The van der Waals surface area contributed by atoms with Crippen molar-refractivity contribution in [1.29, 1.82) is 0 Å². The summed E-state index contributed by atoms with van der Waals surface area (Å²) in [4.78, 5) is 24.1. The lowest BCUT2D eigenvalue weighted by Crippen LogP contribution is -2.48. The molecule has 4 saturated carbocycles. The number of amides is 1. The molecule has 208 valence electrons. The number of fused-ring (bicyclic) bond motifs is 1. The highest BCUT2D eigenvalue weighted by molar-refractivity contribution is 5.97. The van der Waals surface area contributed by atoms with Crippen molar-refractivity contribution in [2.24, 2.45) is 17.8 Å². The van der Waals surface area contributed by atoms with Crippen molar-refractivity contribution in [3.05, 3.63) is 90.0 Å². The van der Waals surface area contributed by atoms with E-state index in [-0.39, 0.29) is 11.3 Å². The van der Waals surface area contributed by atoms with Gasteiger partial charge in [0.2, 0.25) is 5.91 Å². The smallest absolute Gasteiger partial charge is 0.343 e. The molecule has 1 N–H and O–H groups in total. The minimum atomic E-state index is -0.418. The predicted molar refractivity (Wildman–Crippen MR) is 161 cm³/mol. The minimum Gasteiger partial charge on any atom is -0.496 e. The van der Waals surface area contributed by atoms with Crippen LogP contribution in [0.5, 0.6) is 11.5 Å². The molecule has 0 saturated heterocycles. The Kier molecular flexibility index (Phi) is 6.33. The molecule has 0 heterocycles. The van der Waals surface area contributed by atoms with Gasteiger partial charge in [-0.15, -0.1) is 0 Å². The Morgan fingerprint density at radius 3 is 2.02 bits per heavy atom. The van der Waals surface area contributed by atoms with Gasteiger partial charge in [-0.1, -0.05) is 24.3 Å². The van der Waals surface area contributed by atoms with Crippen molar-refractivity contribution in [2.45, 2.75) is 50.9 Å². The monoisotopic (exact) mass is 545 g/mol. The first kappa shape index (κ1) is 25.8. The quantitative estimate of drug-likeness (QED) is 0.196. The van der Waals surface area contributed by atoms with Crippen molar-refractivity contribution in [1.82, 2.24) is 0 Å². The van der Waals surface area contributed by atoms with E-state index in [2.05, 4.69) is 41.7 Å². The van der Waals surface area contributed by atoms with Crippen LogP contribution in [0.4, 0.5) is 5.69 Å². The van der Waals surface area contributed by atoms with Gasteiger partial charge in [-0.2, -0.15) is 0 Å². The number of nitrogens with one attached hydrogen (secondary N) is 1. The Balaban J connectivity index is 1.14. The van der Waals surface area contributed by atoms with Gasteiger partial charge in [0.05, 0.1) is 12.7 Å². The highest BCUT2D eigenvalue weighted by Crippen LogP contribution is 2.62. The van der Waals surface area contributed by atoms with Crippen LogP contribution in [0.2, 0.25) is 0 Å². The third-order valence-corrected chi connectivity index (χ3v) is 9.60. The Morgan fingerprint density at radius 1 is 0.756 bits per heavy atom. The van der Waals surface area contributed by atoms with Crippen molar-refractivity contribution in [2.75, 3.05) is 12.4 Å². The van der Waals surface area contributed by atoms with E-state index >= 15 is 0 Å². The van der Waals surface area contributed by atoms with Crippen LogP contribution in [0.3, 0.4) is 0 Å². The van der Waals surface area contributed by atoms with Crippen molar-refractivity contribution in [3.8, 4) is 22.6 Å². The van der Waals surface area contributed by atoms with Crippen LogP contribution in [0.25, 0.3) is 21.9 Å². The number of methoxy groups -OCH3 is 1. The molecule has 5 heteroatoms. The summed E-state index contributed by atoms with van der Waals surface area (Å²) in [5.74, 6) is 3.51. The van der Waals surface area contributed by atoms with Gasteiger partial charge < -0.3 is 14.8 Å². The number of hydrogen-bond acceptors (Lipinski definition) is 4. The molecule has 41 heavy (non-hydrogen) atoms. The van der Waals surface area contributed by atoms with Crippen LogP contribution in [0.1, 0.15) is 61.4 Å². The summed E-state index contributed by atoms with van der Waals surface area (Å²) in [6.45, 7) is 1.45. The topological polar surface area (TPSA) is 64.6 Å². The standard InChI is InChI=1S/C36H35NO4/c1-22(38)37-31-8-10-32(11-9-31)41-35(39)30-6-5-26-16-27(3-4-28(26)17-30)29-7-12-34(40-2)33(18-29)36-19-23-13-24(20-36)15-25(14-23)21-36/h3-12,16-18,23-25H,13-15,19-21H2,1-2H3,(H,37,38). The molecule has 5 nitrogen and oxygen atoms in total. The zero-order chi connectivity index (χ0) is 28.1. The van der Waals surface area contributed by atoms with Crippen LogP contribution in [-0.4, -0.2) is 19.0 Å². The fourth-order valence-corrected chi connectivity index (χ4v) is 8.27. The highest BCUT2D eigenvalue weighted by Gasteiger charge is 2.52. The van der Waals surface area contributed by atoms with Gasteiger partial charge in [-0.25, -0.2) is 4.79 Å². The van der Waals surface area contributed by atoms with Gasteiger partial charge in [-0.05, 0) is 138 Å². The van der Waals surface area contributed by atoms with E-state index in [4.69, 9.17) is 9.47 Å². The number of carbonyl (C=O) groups is 2. The summed E-state index contributed by atoms with van der Waals surface area (Å²) in [6.07, 6.45) is 8.17. The predicted octanol–water partition coefficient (Wildman–Crippen LogP) is 8.16. The van der Waals surface area contributed by atoms with Gasteiger partial charge in [0.15, 0.2) is 0 Å². The first-order chi connectivity index (χ1) is 19.9. The van der Waals surface area contributed by atoms with E-state index in [1.54, 1.807) is 31.4 Å². The van der Waals surface area contributed by atoms with Gasteiger partial charge in [0, 0.05) is 18.2 Å². The lowest BCUT2D eigenvalue weighted by molar-refractivity contribution is -0.114. The van der Waals surface area contributed by atoms with Gasteiger partial charge in [0.25, 0.3) is 0 Å². The van der Waals surface area contributed by atoms with Crippen molar-refractivity contribution in [3.63, 3.8) is 0 Å². The second-order valence-electron chi connectivity index (χ2n) is 12.5. The van der Waals surface area contributed by atoms with E-state index in [1.807, 2.05) is 18.2 Å². The van der Waals surface area contributed by atoms with Gasteiger partial charge >= 0.3 is 5.97 Å². The maximum atomic E-state index is 12.9. The molecule has 4 aromatic carbocycles. The molecule has 4 bridgehead atoms. The zero-order valence-electron chi connectivity index (χ0n) is 23.6. The van der Waals surface area contributed by atoms with E-state index in [0.717, 1.165) is 34.3 Å². The van der Waals surface area contributed by atoms with E-state index in [9.17, 15) is 9.59 Å². The number of benzene rings is 4. The molecule has 0 unspecified atom stereocenters. The molecule has 4 fully saturated rings. The van der Waals surface area contributed by atoms with Crippen LogP contribution >= 0.6 is 0 Å². The molecular formula is C36H35NO4. The second-order valence-corrected chi connectivity index (χ2v) is 12.5. The minimum absolute atomic E-state index is 0.149. The third-order valence-electron chi connectivity index (χ3n) is 9.60. The largest absolute Gasteiger partial charge is 0.496 e. The van der Waals surface area contributed by atoms with Gasteiger partial charge in [0.1, 0.15) is 11.5 Å². The van der Waals surface area contributed by atoms with E-state index in [0.29, 0.717) is 17.0 Å². The number of anilines is 1. The highest BCUT2D eigenvalue weighted by atomic mass is 16.5. The maximum absolute atomic E-state index is 12.9. The van der Waals surface area contributed by atoms with Crippen LogP contribution in [0.15, 0.2) is 78.9 Å². The average molecular weight is 546 g/mol. The molecule has 4 aliphatic rings. The number of hydrogen-bond donors (Lipinski definition) is 1. The van der Waals surface area contributed by atoms with Crippen LogP contribution in [0, 0.1) is 17.8 Å². The van der Waals surface area contributed by atoms with E-state index < -0.39 is 5.97 Å². The normalized spacial score (nSPS) is 24.3. The fraction of sp³-hybridized carbons (Fsp3) is 0.333. The van der Waals surface area contributed by atoms with Crippen molar-refractivity contribution >= 4 is 28.3 Å². The Labute approximate surface area is 240 Å². The Hall–Kier alpha value is -4.12. The summed E-state index contributed by atoms with van der Waals surface area (Å²) < 4.78 is 11.5. The molecular weight excluding hydrogens is 510 g/mol. The molecule has 0 aliphatic heterocycles. The number of rotatable bonds is 6. The average Bonchev–Trinajstić information content (AvgIpc) is 2.96. The summed E-state index contributed by atoms with van der Waals surface area (Å²) in [5, 5.41) is 4.77. The third kappa shape index (κ3) is 4.88. The summed E-state index contributed by atoms with van der Waals surface area (Å²) >= 11 is 0. The van der Waals surface area contributed by atoms with Crippen LogP contribution < -0.4 is 14.8 Å². The molecule has 0 radical (unpaired) electrons. The molecule has 1 amide bonds. The molecule has 4 aliphatic carbocycles.